The molecule has 0 amide bonds. The Morgan fingerprint density at radius 3 is 2.76 bits per heavy atom. The van der Waals surface area contributed by atoms with E-state index < -0.39 is 17.7 Å². The van der Waals surface area contributed by atoms with E-state index in [2.05, 4.69) is 5.43 Å². The first kappa shape index (κ1) is 14.3. The maximum atomic E-state index is 14.1. The van der Waals surface area contributed by atoms with Gasteiger partial charge in [-0.25, -0.2) is 14.2 Å². The van der Waals surface area contributed by atoms with Gasteiger partial charge >= 0.3 is 0 Å². The van der Waals surface area contributed by atoms with Crippen molar-refractivity contribution in [2.24, 2.45) is 5.84 Å². The van der Waals surface area contributed by atoms with Gasteiger partial charge in [-0.05, 0) is 17.7 Å². The standard InChI is InChI=1S/C15H13ClF2N2O/c16-11-7-12(17)10(6-13(11)18)14(20-19)9-3-1-2-8-4-5-21-15(8)9/h1-3,6-7,14,20H,4-5,19H2. The molecule has 1 unspecified atom stereocenters. The van der Waals surface area contributed by atoms with E-state index in [0.717, 1.165) is 24.1 Å². The predicted octanol–water partition coefficient (Wildman–Crippen LogP) is 3.11. The van der Waals surface area contributed by atoms with Gasteiger partial charge < -0.3 is 4.74 Å². The molecule has 0 saturated heterocycles. The Morgan fingerprint density at radius 2 is 2.00 bits per heavy atom. The van der Waals surface area contributed by atoms with Crippen molar-refractivity contribution in [3.05, 3.63) is 63.7 Å². The first-order valence-corrected chi connectivity index (χ1v) is 6.84. The third-order valence-corrected chi connectivity index (χ3v) is 3.86. The van der Waals surface area contributed by atoms with Crippen molar-refractivity contribution in [1.29, 1.82) is 0 Å². The predicted molar refractivity (Wildman–Crippen MR) is 76.2 cm³/mol. The molecule has 2 aromatic carbocycles. The number of hydrogen-bond donors (Lipinski definition) is 2. The number of hydrazine groups is 1. The van der Waals surface area contributed by atoms with Crippen LogP contribution in [0.2, 0.25) is 5.02 Å². The van der Waals surface area contributed by atoms with E-state index in [4.69, 9.17) is 22.2 Å². The molecule has 6 heteroatoms. The summed E-state index contributed by atoms with van der Waals surface area (Å²) in [6.45, 7) is 0.571. The topological polar surface area (TPSA) is 47.3 Å². The van der Waals surface area contributed by atoms with E-state index in [1.807, 2.05) is 12.1 Å². The van der Waals surface area contributed by atoms with Crippen LogP contribution in [-0.4, -0.2) is 6.61 Å². The molecular weight excluding hydrogens is 298 g/mol. The summed E-state index contributed by atoms with van der Waals surface area (Å²) in [5.41, 5.74) is 4.31. The maximum Gasteiger partial charge on any atom is 0.142 e. The van der Waals surface area contributed by atoms with E-state index in [1.165, 1.54) is 0 Å². The highest BCUT2D eigenvalue weighted by Gasteiger charge is 2.25. The van der Waals surface area contributed by atoms with Crippen LogP contribution in [0.1, 0.15) is 22.7 Å². The second-order valence-electron chi connectivity index (χ2n) is 4.82. The summed E-state index contributed by atoms with van der Waals surface area (Å²) in [6, 6.07) is 6.85. The fourth-order valence-electron chi connectivity index (χ4n) is 2.57. The summed E-state index contributed by atoms with van der Waals surface area (Å²) in [6.07, 6.45) is 0.790. The molecule has 0 aliphatic carbocycles. The van der Waals surface area contributed by atoms with Crippen molar-refractivity contribution in [1.82, 2.24) is 5.43 Å². The first-order valence-electron chi connectivity index (χ1n) is 6.47. The number of fused-ring (bicyclic) bond motifs is 1. The van der Waals surface area contributed by atoms with Crippen molar-refractivity contribution in [3.8, 4) is 5.75 Å². The average molecular weight is 311 g/mol. The first-order chi connectivity index (χ1) is 10.1. The van der Waals surface area contributed by atoms with Crippen LogP contribution < -0.4 is 16.0 Å². The highest BCUT2D eigenvalue weighted by molar-refractivity contribution is 6.30. The number of hydrogen-bond acceptors (Lipinski definition) is 3. The molecule has 1 atom stereocenters. The third kappa shape index (κ3) is 2.48. The Balaban J connectivity index is 2.12. The fourth-order valence-corrected chi connectivity index (χ4v) is 2.72. The molecule has 1 aliphatic heterocycles. The van der Waals surface area contributed by atoms with Gasteiger partial charge in [0.1, 0.15) is 17.4 Å². The Hall–Kier alpha value is -1.69. The van der Waals surface area contributed by atoms with Crippen LogP contribution in [0.4, 0.5) is 8.78 Å². The normalized spacial score (nSPS) is 14.7. The van der Waals surface area contributed by atoms with Gasteiger partial charge in [0.15, 0.2) is 0 Å². The zero-order valence-electron chi connectivity index (χ0n) is 11.0. The lowest BCUT2D eigenvalue weighted by atomic mass is 9.96. The fraction of sp³-hybridized carbons (Fsp3) is 0.200. The maximum absolute atomic E-state index is 14.1. The zero-order valence-corrected chi connectivity index (χ0v) is 11.8. The Bertz CT molecular complexity index is 694. The summed E-state index contributed by atoms with van der Waals surface area (Å²) in [5.74, 6) is 4.92. The number of rotatable bonds is 3. The molecule has 2 aromatic rings. The molecule has 3 N–H and O–H groups in total. The Kier molecular flexibility index (Phi) is 3.80. The minimum atomic E-state index is -0.718. The minimum Gasteiger partial charge on any atom is -0.493 e. The average Bonchev–Trinajstić information content (AvgIpc) is 2.94. The van der Waals surface area contributed by atoms with Crippen molar-refractivity contribution in [2.75, 3.05) is 6.61 Å². The van der Waals surface area contributed by atoms with Crippen LogP contribution in [0.5, 0.6) is 5.75 Å². The summed E-state index contributed by atoms with van der Waals surface area (Å²) >= 11 is 5.58. The molecule has 21 heavy (non-hydrogen) atoms. The summed E-state index contributed by atoms with van der Waals surface area (Å²) in [7, 11) is 0. The van der Waals surface area contributed by atoms with E-state index >= 15 is 0 Å². The number of ether oxygens (including phenoxy) is 1. The number of halogens is 3. The number of nitrogens with two attached hydrogens (primary N) is 1. The molecule has 0 aromatic heterocycles. The summed E-state index contributed by atoms with van der Waals surface area (Å²) in [5, 5.41) is -0.262. The monoisotopic (exact) mass is 310 g/mol. The summed E-state index contributed by atoms with van der Waals surface area (Å²) in [4.78, 5) is 0. The quantitative estimate of drug-likeness (QED) is 0.520. The highest BCUT2D eigenvalue weighted by Crippen LogP contribution is 2.37. The van der Waals surface area contributed by atoms with E-state index in [9.17, 15) is 8.78 Å². The molecule has 0 bridgehead atoms. The van der Waals surface area contributed by atoms with Gasteiger partial charge in [0, 0.05) is 17.5 Å². The lowest BCUT2D eigenvalue weighted by molar-refractivity contribution is 0.350. The lowest BCUT2D eigenvalue weighted by Gasteiger charge is -2.20. The van der Waals surface area contributed by atoms with Crippen LogP contribution in [0, 0.1) is 11.6 Å². The van der Waals surface area contributed by atoms with Gasteiger partial charge in [0.2, 0.25) is 0 Å². The SMILES string of the molecule is NNC(c1cc(F)c(Cl)cc1F)c1cccc2c1OCC2. The van der Waals surface area contributed by atoms with Crippen LogP contribution in [-0.2, 0) is 6.42 Å². The van der Waals surface area contributed by atoms with Gasteiger partial charge in [-0.15, -0.1) is 0 Å². The second-order valence-corrected chi connectivity index (χ2v) is 5.23. The number of para-hydroxylation sites is 1. The largest absolute Gasteiger partial charge is 0.493 e. The van der Waals surface area contributed by atoms with Gasteiger partial charge in [0.05, 0.1) is 17.7 Å². The zero-order chi connectivity index (χ0) is 15.0. The molecule has 0 spiro atoms. The molecule has 3 rings (SSSR count). The smallest absolute Gasteiger partial charge is 0.142 e. The second kappa shape index (κ2) is 5.60. The molecule has 0 radical (unpaired) electrons. The molecule has 1 heterocycles. The molecule has 3 nitrogen and oxygen atoms in total. The lowest BCUT2D eigenvalue weighted by Crippen LogP contribution is -2.30. The third-order valence-electron chi connectivity index (χ3n) is 3.57. The van der Waals surface area contributed by atoms with Crippen LogP contribution in [0.15, 0.2) is 30.3 Å². The van der Waals surface area contributed by atoms with Gasteiger partial charge in [-0.1, -0.05) is 29.8 Å². The van der Waals surface area contributed by atoms with Gasteiger partial charge in [0.25, 0.3) is 0 Å². The number of nitrogens with one attached hydrogen (secondary N) is 1. The van der Waals surface area contributed by atoms with Gasteiger partial charge in [-0.2, -0.15) is 0 Å². The Morgan fingerprint density at radius 1 is 1.19 bits per heavy atom. The highest BCUT2D eigenvalue weighted by atomic mass is 35.5. The minimum absolute atomic E-state index is 0.0864. The molecule has 1 aliphatic rings. The molecule has 110 valence electrons. The molecule has 0 fully saturated rings. The van der Waals surface area contributed by atoms with Crippen molar-refractivity contribution in [3.63, 3.8) is 0 Å². The van der Waals surface area contributed by atoms with Crippen LogP contribution in [0.3, 0.4) is 0 Å². The van der Waals surface area contributed by atoms with E-state index in [-0.39, 0.29) is 10.6 Å². The summed E-state index contributed by atoms with van der Waals surface area (Å²) < 4.78 is 33.4. The molecule has 0 saturated carbocycles. The number of benzene rings is 2. The van der Waals surface area contributed by atoms with Crippen LogP contribution in [0.25, 0.3) is 0 Å². The van der Waals surface area contributed by atoms with E-state index in [0.29, 0.717) is 17.9 Å². The van der Waals surface area contributed by atoms with E-state index in [1.54, 1.807) is 6.07 Å². The van der Waals surface area contributed by atoms with Gasteiger partial charge in [-0.3, -0.25) is 5.84 Å². The Labute approximate surface area is 125 Å². The van der Waals surface area contributed by atoms with Crippen molar-refractivity contribution >= 4 is 11.6 Å². The van der Waals surface area contributed by atoms with Crippen molar-refractivity contribution in [2.45, 2.75) is 12.5 Å². The molecular formula is C15H13ClF2N2O. The van der Waals surface area contributed by atoms with Crippen molar-refractivity contribution < 1.29 is 13.5 Å². The van der Waals surface area contributed by atoms with Crippen LogP contribution >= 0.6 is 11.6 Å².